The molecule has 0 unspecified atom stereocenters. The van der Waals surface area contributed by atoms with Crippen molar-refractivity contribution in [3.8, 4) is 22.3 Å². The van der Waals surface area contributed by atoms with E-state index in [1.54, 1.807) is 69.0 Å². The highest BCUT2D eigenvalue weighted by Gasteiger charge is 2.24. The largest absolute Gasteiger partial charge is 0.397 e. The highest BCUT2D eigenvalue weighted by atomic mass is 32.2. The third-order valence-corrected chi connectivity index (χ3v) is 9.63. The number of hydrogen-bond acceptors (Lipinski definition) is 7. The summed E-state index contributed by atoms with van der Waals surface area (Å²) >= 11 is 0. The van der Waals surface area contributed by atoms with Gasteiger partial charge in [0.15, 0.2) is 5.65 Å². The molecule has 1 aliphatic heterocycles. The predicted molar refractivity (Wildman–Crippen MR) is 172 cm³/mol. The Labute approximate surface area is 251 Å². The number of fused-ring (bicyclic) bond motifs is 1. The highest BCUT2D eigenvalue weighted by Crippen LogP contribution is 2.36. The Morgan fingerprint density at radius 3 is 2.19 bits per heavy atom. The highest BCUT2D eigenvalue weighted by molar-refractivity contribution is 7.90. The normalized spacial score (nSPS) is 14.3. The molecule has 3 aromatic carbocycles. The number of amides is 1. The summed E-state index contributed by atoms with van der Waals surface area (Å²) in [5, 5.41) is 0.672. The van der Waals surface area contributed by atoms with Crippen molar-refractivity contribution in [3.05, 3.63) is 96.8 Å². The average Bonchev–Trinajstić information content (AvgIpc) is 3.41. The molecule has 1 fully saturated rings. The van der Waals surface area contributed by atoms with Crippen LogP contribution < -0.4 is 10.6 Å². The van der Waals surface area contributed by atoms with Crippen LogP contribution >= 0.6 is 0 Å². The van der Waals surface area contributed by atoms with E-state index in [1.807, 2.05) is 36.4 Å². The SMILES string of the molecule is CN1CCN(c2ccc(-c3cnc4c(c3)c(-c3ccc(C(=O)N(C)C)cc3)cn4S(=O)(=O)c3ccccc3)cc2N)CC1. The van der Waals surface area contributed by atoms with Gasteiger partial charge in [0, 0.05) is 74.7 Å². The summed E-state index contributed by atoms with van der Waals surface area (Å²) in [6.45, 7) is 3.80. The fourth-order valence-corrected chi connectivity index (χ4v) is 6.82. The van der Waals surface area contributed by atoms with Gasteiger partial charge in [-0.05, 0) is 60.6 Å². The van der Waals surface area contributed by atoms with E-state index in [9.17, 15) is 13.2 Å². The molecule has 0 atom stereocenters. The van der Waals surface area contributed by atoms with Crippen LogP contribution in [0, 0.1) is 0 Å². The monoisotopic (exact) mass is 594 g/mol. The van der Waals surface area contributed by atoms with Crippen LogP contribution in [0.25, 0.3) is 33.3 Å². The van der Waals surface area contributed by atoms with E-state index in [1.165, 1.54) is 8.87 Å². The number of pyridine rings is 1. The second-order valence-electron chi connectivity index (χ2n) is 11.1. The molecule has 10 heteroatoms. The van der Waals surface area contributed by atoms with E-state index in [-0.39, 0.29) is 10.8 Å². The van der Waals surface area contributed by atoms with E-state index in [0.29, 0.717) is 27.8 Å². The molecule has 0 radical (unpaired) electrons. The van der Waals surface area contributed by atoms with Crippen molar-refractivity contribution in [1.82, 2.24) is 18.8 Å². The van der Waals surface area contributed by atoms with Crippen LogP contribution in [0.15, 0.2) is 96.2 Å². The molecule has 1 amide bonds. The van der Waals surface area contributed by atoms with Gasteiger partial charge in [0.05, 0.1) is 16.3 Å². The lowest BCUT2D eigenvalue weighted by Gasteiger charge is -2.34. The lowest BCUT2D eigenvalue weighted by Crippen LogP contribution is -2.44. The third kappa shape index (κ3) is 5.35. The van der Waals surface area contributed by atoms with E-state index >= 15 is 0 Å². The number of nitrogens with two attached hydrogens (primary N) is 1. The first kappa shape index (κ1) is 28.4. The van der Waals surface area contributed by atoms with Gasteiger partial charge in [0.1, 0.15) is 0 Å². The van der Waals surface area contributed by atoms with Crippen LogP contribution in [-0.2, 0) is 10.0 Å². The van der Waals surface area contributed by atoms with E-state index < -0.39 is 10.0 Å². The summed E-state index contributed by atoms with van der Waals surface area (Å²) < 4.78 is 28.8. The predicted octanol–water partition coefficient (Wildman–Crippen LogP) is 4.64. The number of carbonyl (C=O) groups excluding carboxylic acids is 1. The van der Waals surface area contributed by atoms with Crippen molar-refractivity contribution in [1.29, 1.82) is 0 Å². The number of aromatic nitrogens is 2. The Balaban J connectivity index is 1.46. The van der Waals surface area contributed by atoms with Crippen LogP contribution in [0.5, 0.6) is 0 Å². The van der Waals surface area contributed by atoms with Gasteiger partial charge in [-0.25, -0.2) is 17.4 Å². The minimum absolute atomic E-state index is 0.109. The van der Waals surface area contributed by atoms with Crippen LogP contribution in [0.1, 0.15) is 10.4 Å². The van der Waals surface area contributed by atoms with Crippen molar-refractivity contribution in [2.45, 2.75) is 4.90 Å². The quantitative estimate of drug-likeness (QED) is 0.286. The van der Waals surface area contributed by atoms with Gasteiger partial charge in [0.2, 0.25) is 0 Å². The van der Waals surface area contributed by atoms with Crippen molar-refractivity contribution >= 4 is 38.3 Å². The van der Waals surface area contributed by atoms with Gasteiger partial charge in [0.25, 0.3) is 15.9 Å². The van der Waals surface area contributed by atoms with Crippen molar-refractivity contribution in [2.75, 3.05) is 58.0 Å². The van der Waals surface area contributed by atoms with E-state index in [4.69, 9.17) is 5.73 Å². The van der Waals surface area contributed by atoms with Gasteiger partial charge in [-0.3, -0.25) is 4.79 Å². The molecular weight excluding hydrogens is 560 g/mol. The number of nitrogens with zero attached hydrogens (tertiary/aromatic N) is 5. The standard InChI is InChI=1S/C33H34N6O3S/c1-36(2)33(40)24-11-9-23(10-12-24)29-22-39(43(41,42)27-7-5-4-6-8-27)32-28(29)19-26(21-35-32)25-13-14-31(30(34)20-25)38-17-15-37(3)16-18-38/h4-14,19-22H,15-18,34H2,1-3H3. The molecule has 0 aliphatic carbocycles. The van der Waals surface area contributed by atoms with Crippen molar-refractivity contribution < 1.29 is 13.2 Å². The minimum Gasteiger partial charge on any atom is -0.397 e. The Hall–Kier alpha value is -4.67. The summed E-state index contributed by atoms with van der Waals surface area (Å²) in [6.07, 6.45) is 3.30. The molecule has 43 heavy (non-hydrogen) atoms. The zero-order chi connectivity index (χ0) is 30.3. The number of rotatable bonds is 6. The minimum atomic E-state index is -3.93. The van der Waals surface area contributed by atoms with E-state index in [2.05, 4.69) is 21.8 Å². The molecule has 0 spiro atoms. The maximum absolute atomic E-state index is 13.8. The Morgan fingerprint density at radius 2 is 1.53 bits per heavy atom. The van der Waals surface area contributed by atoms with Gasteiger partial charge in [-0.2, -0.15) is 0 Å². The zero-order valence-corrected chi connectivity index (χ0v) is 25.3. The van der Waals surface area contributed by atoms with Gasteiger partial charge >= 0.3 is 0 Å². The number of likely N-dealkylation sites (N-methyl/N-ethyl adjacent to an activating group) is 1. The molecule has 1 aliphatic rings. The Morgan fingerprint density at radius 1 is 0.860 bits per heavy atom. The fourth-order valence-electron chi connectivity index (χ4n) is 5.48. The van der Waals surface area contributed by atoms with Gasteiger partial charge in [-0.15, -0.1) is 0 Å². The topological polar surface area (TPSA) is 105 Å². The third-order valence-electron chi connectivity index (χ3n) is 7.97. The average molecular weight is 595 g/mol. The second kappa shape index (κ2) is 11.2. The number of benzene rings is 3. The lowest BCUT2D eigenvalue weighted by atomic mass is 10.0. The molecule has 5 aromatic rings. The number of nitrogen functional groups attached to an aromatic ring is 1. The van der Waals surface area contributed by atoms with Crippen LogP contribution in [0.3, 0.4) is 0 Å². The Kier molecular flexibility index (Phi) is 7.41. The lowest BCUT2D eigenvalue weighted by molar-refractivity contribution is 0.0827. The smallest absolute Gasteiger partial charge is 0.269 e. The van der Waals surface area contributed by atoms with Crippen LogP contribution in [-0.4, -0.2) is 80.4 Å². The number of hydrogen-bond donors (Lipinski definition) is 1. The first-order valence-corrected chi connectivity index (χ1v) is 15.5. The molecule has 2 N–H and O–H groups in total. The van der Waals surface area contributed by atoms with E-state index in [0.717, 1.165) is 48.6 Å². The molecule has 9 nitrogen and oxygen atoms in total. The zero-order valence-electron chi connectivity index (χ0n) is 24.4. The molecule has 220 valence electrons. The molecule has 3 heterocycles. The summed E-state index contributed by atoms with van der Waals surface area (Å²) in [5.74, 6) is -0.109. The molecule has 1 saturated heterocycles. The maximum atomic E-state index is 13.8. The fraction of sp³-hybridized carbons (Fsp3) is 0.212. The molecule has 0 saturated carbocycles. The van der Waals surface area contributed by atoms with Gasteiger partial charge in [-0.1, -0.05) is 36.4 Å². The summed E-state index contributed by atoms with van der Waals surface area (Å²) in [7, 11) is 1.60. The molecule has 2 aromatic heterocycles. The second-order valence-corrected chi connectivity index (χ2v) is 12.9. The van der Waals surface area contributed by atoms with Gasteiger partial charge < -0.3 is 20.4 Å². The Bertz CT molecular complexity index is 1910. The first-order chi connectivity index (χ1) is 20.6. The molecular formula is C33H34N6O3S. The molecule has 6 rings (SSSR count). The number of carbonyl (C=O) groups is 1. The van der Waals surface area contributed by atoms with Crippen molar-refractivity contribution in [3.63, 3.8) is 0 Å². The number of piperazine rings is 1. The number of anilines is 2. The van der Waals surface area contributed by atoms with Crippen LogP contribution in [0.2, 0.25) is 0 Å². The van der Waals surface area contributed by atoms with Crippen molar-refractivity contribution in [2.24, 2.45) is 0 Å². The molecule has 0 bridgehead atoms. The first-order valence-electron chi connectivity index (χ1n) is 14.1. The summed E-state index contributed by atoms with van der Waals surface area (Å²) in [5.41, 5.74) is 12.3. The van der Waals surface area contributed by atoms with Crippen LogP contribution in [0.4, 0.5) is 11.4 Å². The summed E-state index contributed by atoms with van der Waals surface area (Å²) in [4.78, 5) is 23.5. The summed E-state index contributed by atoms with van der Waals surface area (Å²) in [6, 6.07) is 23.5. The maximum Gasteiger partial charge on any atom is 0.269 e.